The molecule has 2 aromatic carbocycles. The third-order valence-corrected chi connectivity index (χ3v) is 5.85. The van der Waals surface area contributed by atoms with Crippen molar-refractivity contribution in [2.45, 2.75) is 78.7 Å². The average molecular weight is 495 g/mol. The summed E-state index contributed by atoms with van der Waals surface area (Å²) in [7, 11) is 0. The molecule has 6 heteroatoms. The number of alkyl carbamates (subject to hydrolysis) is 1. The molecule has 0 aliphatic heterocycles. The van der Waals surface area contributed by atoms with Crippen LogP contribution in [0.25, 0.3) is 0 Å². The Labute approximate surface area is 216 Å². The van der Waals surface area contributed by atoms with Gasteiger partial charge in [-0.05, 0) is 67.9 Å². The Bertz CT molecular complexity index is 997. The first-order chi connectivity index (χ1) is 16.9. The van der Waals surface area contributed by atoms with Crippen molar-refractivity contribution in [3.8, 4) is 0 Å². The van der Waals surface area contributed by atoms with Gasteiger partial charge < -0.3 is 15.4 Å². The van der Waals surface area contributed by atoms with E-state index in [4.69, 9.17) is 4.74 Å². The lowest BCUT2D eigenvalue weighted by atomic mass is 9.88. The number of hydrogen-bond acceptors (Lipinski definition) is 4. The molecule has 0 aromatic heterocycles. The highest BCUT2D eigenvalue weighted by Gasteiger charge is 2.24. The van der Waals surface area contributed by atoms with Gasteiger partial charge in [0.05, 0.1) is 0 Å². The number of carbonyl (C=O) groups is 3. The maximum absolute atomic E-state index is 13.4. The lowest BCUT2D eigenvalue weighted by Crippen LogP contribution is -2.40. The van der Waals surface area contributed by atoms with Crippen LogP contribution in [0.15, 0.2) is 48.5 Å². The van der Waals surface area contributed by atoms with Gasteiger partial charge in [0, 0.05) is 31.0 Å². The maximum Gasteiger partial charge on any atom is 0.407 e. The number of carbonyl (C=O) groups excluding carboxylic acids is 3. The molecule has 0 fully saturated rings. The molecule has 2 rings (SSSR count). The van der Waals surface area contributed by atoms with Gasteiger partial charge in [0.1, 0.15) is 5.60 Å². The van der Waals surface area contributed by atoms with E-state index in [1.807, 2.05) is 42.5 Å². The highest BCUT2D eigenvalue weighted by atomic mass is 16.6. The lowest BCUT2D eigenvalue weighted by molar-refractivity contribution is -0.124. The fraction of sp³-hybridized carbons (Fsp3) is 0.500. The largest absolute Gasteiger partial charge is 0.444 e. The molecule has 0 bridgehead atoms. The molecular formula is C30H42N2O4. The summed E-state index contributed by atoms with van der Waals surface area (Å²) in [4.78, 5) is 38.4. The standard InChI is InChI=1S/C30H42N2O4/c1-20(2)23-16-24(21(3)4)18-25(17-23)27(33)19-26(15-22-11-9-8-10-12-22)28(34)31-13-14-32-29(35)36-30(5,6)7/h8-12,16-18,20-21,26H,13-15,19H2,1-7H3,(H,31,34)(H,32,35)/t26-/m0/s1. The van der Waals surface area contributed by atoms with Crippen LogP contribution in [-0.2, 0) is 16.0 Å². The zero-order valence-electron chi connectivity index (χ0n) is 22.8. The summed E-state index contributed by atoms with van der Waals surface area (Å²) < 4.78 is 5.22. The summed E-state index contributed by atoms with van der Waals surface area (Å²) in [5.41, 5.74) is 3.32. The van der Waals surface area contributed by atoms with E-state index in [1.165, 1.54) is 0 Å². The molecule has 36 heavy (non-hydrogen) atoms. The molecule has 196 valence electrons. The number of ether oxygens (including phenoxy) is 1. The Morgan fingerprint density at radius 2 is 1.39 bits per heavy atom. The predicted octanol–water partition coefficient (Wildman–Crippen LogP) is 6.01. The molecule has 0 unspecified atom stereocenters. The molecule has 0 spiro atoms. The van der Waals surface area contributed by atoms with E-state index in [2.05, 4.69) is 44.4 Å². The van der Waals surface area contributed by atoms with Gasteiger partial charge in [0.15, 0.2) is 5.78 Å². The highest BCUT2D eigenvalue weighted by Crippen LogP contribution is 2.25. The molecule has 2 amide bonds. The quantitative estimate of drug-likeness (QED) is 0.296. The Morgan fingerprint density at radius 1 is 0.833 bits per heavy atom. The van der Waals surface area contributed by atoms with E-state index in [-0.39, 0.29) is 31.2 Å². The first-order valence-electron chi connectivity index (χ1n) is 12.8. The summed E-state index contributed by atoms with van der Waals surface area (Å²) in [5, 5.41) is 5.52. The minimum absolute atomic E-state index is 0.0395. The fourth-order valence-corrected chi connectivity index (χ4v) is 3.81. The third kappa shape index (κ3) is 9.84. The van der Waals surface area contributed by atoms with Crippen molar-refractivity contribution in [1.29, 1.82) is 0 Å². The van der Waals surface area contributed by atoms with Crippen LogP contribution in [0.2, 0.25) is 0 Å². The van der Waals surface area contributed by atoms with E-state index in [0.717, 1.165) is 16.7 Å². The molecule has 0 heterocycles. The average Bonchev–Trinajstić information content (AvgIpc) is 2.80. The second-order valence-corrected chi connectivity index (χ2v) is 10.9. The molecule has 0 saturated heterocycles. The van der Waals surface area contributed by atoms with E-state index >= 15 is 0 Å². The van der Waals surface area contributed by atoms with Gasteiger partial charge in [-0.25, -0.2) is 4.79 Å². The Kier molecular flexibility index (Phi) is 10.7. The fourth-order valence-electron chi connectivity index (χ4n) is 3.81. The van der Waals surface area contributed by atoms with Gasteiger partial charge in [0.2, 0.25) is 5.91 Å². The summed E-state index contributed by atoms with van der Waals surface area (Å²) >= 11 is 0. The van der Waals surface area contributed by atoms with Crippen LogP contribution >= 0.6 is 0 Å². The second-order valence-electron chi connectivity index (χ2n) is 10.9. The number of Topliss-reactive ketones (excluding diaryl/α,β-unsaturated/α-hetero) is 1. The van der Waals surface area contributed by atoms with Crippen molar-refractivity contribution in [3.05, 3.63) is 70.8 Å². The second kappa shape index (κ2) is 13.2. The van der Waals surface area contributed by atoms with Crippen LogP contribution in [-0.4, -0.2) is 36.5 Å². The number of hydrogen-bond donors (Lipinski definition) is 2. The van der Waals surface area contributed by atoms with Crippen LogP contribution in [0.3, 0.4) is 0 Å². The van der Waals surface area contributed by atoms with Crippen LogP contribution in [0.1, 0.15) is 93.8 Å². The minimum atomic E-state index is -0.587. The summed E-state index contributed by atoms with van der Waals surface area (Å²) in [6.45, 7) is 14.3. The molecule has 0 aliphatic carbocycles. The van der Waals surface area contributed by atoms with Crippen molar-refractivity contribution in [3.63, 3.8) is 0 Å². The van der Waals surface area contributed by atoms with E-state index in [1.54, 1.807) is 20.8 Å². The van der Waals surface area contributed by atoms with Crippen molar-refractivity contribution in [2.75, 3.05) is 13.1 Å². The Hall–Kier alpha value is -3.15. The number of rotatable bonds is 11. The predicted molar refractivity (Wildman–Crippen MR) is 144 cm³/mol. The molecule has 0 radical (unpaired) electrons. The van der Waals surface area contributed by atoms with Gasteiger partial charge in [0.25, 0.3) is 0 Å². The smallest absolute Gasteiger partial charge is 0.407 e. The van der Waals surface area contributed by atoms with Crippen LogP contribution in [0.4, 0.5) is 4.79 Å². The number of nitrogens with one attached hydrogen (secondary N) is 2. The summed E-state index contributed by atoms with van der Waals surface area (Å²) in [6.07, 6.45) is 0.0386. The highest BCUT2D eigenvalue weighted by molar-refractivity contribution is 5.99. The monoisotopic (exact) mass is 494 g/mol. The topological polar surface area (TPSA) is 84.5 Å². The molecule has 2 N–H and O–H groups in total. The number of ketones is 1. The van der Waals surface area contributed by atoms with Gasteiger partial charge in [-0.3, -0.25) is 9.59 Å². The third-order valence-electron chi connectivity index (χ3n) is 5.85. The van der Waals surface area contributed by atoms with Crippen LogP contribution in [0.5, 0.6) is 0 Å². The van der Waals surface area contributed by atoms with Crippen LogP contribution in [0, 0.1) is 5.92 Å². The Balaban J connectivity index is 2.12. The van der Waals surface area contributed by atoms with Crippen molar-refractivity contribution in [2.24, 2.45) is 5.92 Å². The molecule has 0 saturated carbocycles. The zero-order chi connectivity index (χ0) is 26.9. The SMILES string of the molecule is CC(C)c1cc(C(=O)C[C@H](Cc2ccccc2)C(=O)NCCNC(=O)OC(C)(C)C)cc(C(C)C)c1. The van der Waals surface area contributed by atoms with E-state index in [9.17, 15) is 14.4 Å². The maximum atomic E-state index is 13.4. The number of benzene rings is 2. The van der Waals surface area contributed by atoms with E-state index in [0.29, 0.717) is 23.8 Å². The van der Waals surface area contributed by atoms with Crippen molar-refractivity contribution >= 4 is 17.8 Å². The normalized spacial score (nSPS) is 12.4. The molecule has 1 atom stereocenters. The number of amides is 2. The van der Waals surface area contributed by atoms with Gasteiger partial charge in [-0.1, -0.05) is 64.1 Å². The molecule has 2 aromatic rings. The molecular weight excluding hydrogens is 452 g/mol. The molecule has 6 nitrogen and oxygen atoms in total. The summed E-state index contributed by atoms with van der Waals surface area (Å²) in [5.74, 6) is -0.163. The lowest BCUT2D eigenvalue weighted by Gasteiger charge is -2.20. The first-order valence-corrected chi connectivity index (χ1v) is 12.8. The van der Waals surface area contributed by atoms with Gasteiger partial charge in [-0.2, -0.15) is 0 Å². The zero-order valence-corrected chi connectivity index (χ0v) is 22.8. The van der Waals surface area contributed by atoms with E-state index < -0.39 is 17.6 Å². The minimum Gasteiger partial charge on any atom is -0.444 e. The van der Waals surface area contributed by atoms with Gasteiger partial charge >= 0.3 is 6.09 Å². The van der Waals surface area contributed by atoms with Crippen molar-refractivity contribution in [1.82, 2.24) is 10.6 Å². The summed E-state index contributed by atoms with van der Waals surface area (Å²) in [6, 6.07) is 15.8. The van der Waals surface area contributed by atoms with Crippen molar-refractivity contribution < 1.29 is 19.1 Å². The van der Waals surface area contributed by atoms with Gasteiger partial charge in [-0.15, -0.1) is 0 Å². The first kappa shape index (κ1) is 29.1. The molecule has 0 aliphatic rings. The Morgan fingerprint density at radius 3 is 1.92 bits per heavy atom. The van der Waals surface area contributed by atoms with Crippen LogP contribution < -0.4 is 10.6 Å².